The van der Waals surface area contributed by atoms with Crippen LogP contribution >= 0.6 is 0 Å². The van der Waals surface area contributed by atoms with Gasteiger partial charge in [-0.15, -0.1) is 0 Å². The summed E-state index contributed by atoms with van der Waals surface area (Å²) in [7, 11) is 0. The zero-order chi connectivity index (χ0) is 8.91. The van der Waals surface area contributed by atoms with E-state index in [1.54, 1.807) is 0 Å². The lowest BCUT2D eigenvalue weighted by atomic mass is 9.90. The van der Waals surface area contributed by atoms with Crippen LogP contribution in [0, 0.1) is 10.8 Å². The third-order valence-electron chi connectivity index (χ3n) is 1.30. The van der Waals surface area contributed by atoms with Crippen LogP contribution in [-0.4, -0.2) is 12.1 Å². The van der Waals surface area contributed by atoms with E-state index >= 15 is 0 Å². The van der Waals surface area contributed by atoms with Gasteiger partial charge in [0.1, 0.15) is 6.34 Å². The van der Waals surface area contributed by atoms with Crippen LogP contribution in [0.2, 0.25) is 0 Å². The van der Waals surface area contributed by atoms with Crippen molar-refractivity contribution in [1.29, 1.82) is 5.41 Å². The van der Waals surface area contributed by atoms with Crippen molar-refractivity contribution in [3.05, 3.63) is 12.2 Å². The molecule has 0 aliphatic carbocycles. The molecule has 0 aliphatic rings. The minimum atomic E-state index is 0.0318. The molecule has 0 bridgehead atoms. The standard InChI is InChI=1S/C9H16N2/c1-5-6-8(11-7-10)9(2,3)4/h5-7,10H,1-4H3/b6-5-,10-7?,11-8?. The molecule has 0 aliphatic heterocycles. The molecule has 0 aromatic heterocycles. The number of rotatable bonds is 2. The molecule has 0 aromatic carbocycles. The molecule has 0 spiro atoms. The molecule has 0 heterocycles. The van der Waals surface area contributed by atoms with Gasteiger partial charge in [0.05, 0.1) is 0 Å². The molecular formula is C9H16N2. The van der Waals surface area contributed by atoms with Crippen molar-refractivity contribution in [3.63, 3.8) is 0 Å². The maximum Gasteiger partial charge on any atom is 0.107 e. The van der Waals surface area contributed by atoms with Gasteiger partial charge < -0.3 is 0 Å². The Kier molecular flexibility index (Phi) is 3.72. The second-order valence-electron chi connectivity index (χ2n) is 3.39. The largest absolute Gasteiger partial charge is 0.290 e. The SMILES string of the molecule is C/C=C\C(=NC=N)C(C)(C)C. The molecule has 0 rings (SSSR count). The van der Waals surface area contributed by atoms with Crippen molar-refractivity contribution in [2.45, 2.75) is 27.7 Å². The highest BCUT2D eigenvalue weighted by atomic mass is 14.8. The average molecular weight is 152 g/mol. The average Bonchev–Trinajstić information content (AvgIpc) is 1.85. The number of allylic oxidation sites excluding steroid dienone is 2. The molecule has 0 saturated heterocycles. The first-order valence-corrected chi connectivity index (χ1v) is 3.72. The number of nitrogens with one attached hydrogen (secondary N) is 1. The molecule has 0 radical (unpaired) electrons. The van der Waals surface area contributed by atoms with Crippen LogP contribution in [0.5, 0.6) is 0 Å². The minimum Gasteiger partial charge on any atom is -0.290 e. The Balaban J connectivity index is 4.61. The summed E-state index contributed by atoms with van der Waals surface area (Å²) in [5.74, 6) is 0. The van der Waals surface area contributed by atoms with Crippen molar-refractivity contribution < 1.29 is 0 Å². The Morgan fingerprint density at radius 2 is 1.91 bits per heavy atom. The van der Waals surface area contributed by atoms with Crippen LogP contribution in [0.3, 0.4) is 0 Å². The molecule has 0 unspecified atom stereocenters. The summed E-state index contributed by atoms with van der Waals surface area (Å²) >= 11 is 0. The number of hydrogen-bond donors (Lipinski definition) is 1. The lowest BCUT2D eigenvalue weighted by molar-refractivity contribution is 0.595. The summed E-state index contributed by atoms with van der Waals surface area (Å²) in [6.07, 6.45) is 4.96. The summed E-state index contributed by atoms with van der Waals surface area (Å²) in [5, 5.41) is 6.85. The summed E-state index contributed by atoms with van der Waals surface area (Å²) in [5.41, 5.74) is 0.972. The van der Waals surface area contributed by atoms with Gasteiger partial charge in [-0.05, 0) is 13.0 Å². The van der Waals surface area contributed by atoms with Gasteiger partial charge in [0, 0.05) is 11.1 Å². The summed E-state index contributed by atoms with van der Waals surface area (Å²) in [6.45, 7) is 8.19. The minimum absolute atomic E-state index is 0.0318. The quantitative estimate of drug-likeness (QED) is 0.466. The number of nitrogens with zero attached hydrogens (tertiary/aromatic N) is 1. The summed E-state index contributed by atoms with van der Waals surface area (Å²) in [4.78, 5) is 3.96. The molecule has 62 valence electrons. The molecule has 0 fully saturated rings. The van der Waals surface area contributed by atoms with Crippen LogP contribution < -0.4 is 0 Å². The number of hydrogen-bond acceptors (Lipinski definition) is 1. The van der Waals surface area contributed by atoms with E-state index in [1.165, 1.54) is 0 Å². The second kappa shape index (κ2) is 4.06. The molecule has 0 atom stereocenters. The molecule has 0 amide bonds. The predicted octanol–water partition coefficient (Wildman–Crippen LogP) is 2.66. The van der Waals surface area contributed by atoms with Crippen molar-refractivity contribution >= 4 is 12.1 Å². The third-order valence-corrected chi connectivity index (χ3v) is 1.30. The maximum atomic E-state index is 6.85. The number of aliphatic imine (C=N–C) groups is 1. The molecule has 11 heavy (non-hydrogen) atoms. The zero-order valence-electron chi connectivity index (χ0n) is 7.68. The lowest BCUT2D eigenvalue weighted by Gasteiger charge is -2.17. The smallest absolute Gasteiger partial charge is 0.107 e. The first-order valence-electron chi connectivity index (χ1n) is 3.72. The highest BCUT2D eigenvalue weighted by Crippen LogP contribution is 2.16. The van der Waals surface area contributed by atoms with Crippen molar-refractivity contribution in [3.8, 4) is 0 Å². The van der Waals surface area contributed by atoms with Crippen molar-refractivity contribution in [1.82, 2.24) is 0 Å². The van der Waals surface area contributed by atoms with Crippen LogP contribution in [-0.2, 0) is 0 Å². The maximum absolute atomic E-state index is 6.85. The second-order valence-corrected chi connectivity index (χ2v) is 3.39. The van der Waals surface area contributed by atoms with Gasteiger partial charge in [-0.25, -0.2) is 4.99 Å². The van der Waals surface area contributed by atoms with Gasteiger partial charge in [-0.2, -0.15) is 0 Å². The van der Waals surface area contributed by atoms with Gasteiger partial charge in [-0.1, -0.05) is 26.8 Å². The molecular weight excluding hydrogens is 136 g/mol. The normalized spacial score (nSPS) is 14.0. The molecule has 1 N–H and O–H groups in total. The monoisotopic (exact) mass is 152 g/mol. The van der Waals surface area contributed by atoms with E-state index in [1.807, 2.05) is 19.1 Å². The Labute approximate surface area is 68.5 Å². The highest BCUT2D eigenvalue weighted by molar-refractivity contribution is 6.02. The Morgan fingerprint density at radius 3 is 2.18 bits per heavy atom. The van der Waals surface area contributed by atoms with Gasteiger partial charge in [0.2, 0.25) is 0 Å². The van der Waals surface area contributed by atoms with E-state index < -0.39 is 0 Å². The van der Waals surface area contributed by atoms with Crippen LogP contribution in [0.1, 0.15) is 27.7 Å². The van der Waals surface area contributed by atoms with E-state index in [9.17, 15) is 0 Å². The van der Waals surface area contributed by atoms with Gasteiger partial charge in [-0.3, -0.25) is 5.41 Å². The summed E-state index contributed by atoms with van der Waals surface area (Å²) < 4.78 is 0. The predicted molar refractivity (Wildman–Crippen MR) is 50.5 cm³/mol. The van der Waals surface area contributed by atoms with E-state index in [0.717, 1.165) is 12.1 Å². The van der Waals surface area contributed by atoms with E-state index in [-0.39, 0.29) is 5.41 Å². The molecule has 0 aromatic rings. The van der Waals surface area contributed by atoms with Crippen LogP contribution in [0.15, 0.2) is 17.1 Å². The Hall–Kier alpha value is -0.920. The van der Waals surface area contributed by atoms with E-state index in [2.05, 4.69) is 25.8 Å². The van der Waals surface area contributed by atoms with Crippen LogP contribution in [0.4, 0.5) is 0 Å². The Bertz CT molecular complexity index is 182. The highest BCUT2D eigenvalue weighted by Gasteiger charge is 2.15. The fourth-order valence-electron chi connectivity index (χ4n) is 0.714. The van der Waals surface area contributed by atoms with Gasteiger partial charge in [0.15, 0.2) is 0 Å². The topological polar surface area (TPSA) is 36.2 Å². The first kappa shape index (κ1) is 10.1. The van der Waals surface area contributed by atoms with E-state index in [4.69, 9.17) is 5.41 Å². The van der Waals surface area contributed by atoms with Crippen molar-refractivity contribution in [2.24, 2.45) is 10.4 Å². The summed E-state index contributed by atoms with van der Waals surface area (Å²) in [6, 6.07) is 0. The fraction of sp³-hybridized carbons (Fsp3) is 0.556. The first-order chi connectivity index (χ1) is 5.02. The van der Waals surface area contributed by atoms with Gasteiger partial charge >= 0.3 is 0 Å². The van der Waals surface area contributed by atoms with E-state index in [0.29, 0.717) is 0 Å². The molecule has 0 saturated carbocycles. The van der Waals surface area contributed by atoms with Crippen molar-refractivity contribution in [2.75, 3.05) is 0 Å². The third kappa shape index (κ3) is 3.71. The van der Waals surface area contributed by atoms with Gasteiger partial charge in [0.25, 0.3) is 0 Å². The lowest BCUT2D eigenvalue weighted by Crippen LogP contribution is -2.18. The van der Waals surface area contributed by atoms with Crippen LogP contribution in [0.25, 0.3) is 0 Å². The fourth-order valence-corrected chi connectivity index (χ4v) is 0.714. The molecule has 2 nitrogen and oxygen atoms in total. The molecule has 2 heteroatoms. The Morgan fingerprint density at radius 1 is 1.36 bits per heavy atom. The zero-order valence-corrected chi connectivity index (χ0v) is 7.68.